The molecular weight excluding hydrogens is 316 g/mol. The van der Waals surface area contributed by atoms with E-state index in [0.717, 1.165) is 38.5 Å². The molecule has 0 amide bonds. The highest BCUT2D eigenvalue weighted by molar-refractivity contribution is 5.86. The fourth-order valence-corrected chi connectivity index (χ4v) is 7.85. The van der Waals surface area contributed by atoms with Crippen molar-refractivity contribution in [2.24, 2.45) is 22.2 Å². The van der Waals surface area contributed by atoms with Crippen LogP contribution in [0.1, 0.15) is 44.1 Å². The Hall–Kier alpha value is -1.84. The Morgan fingerprint density at radius 1 is 0.920 bits per heavy atom. The smallest absolute Gasteiger partial charge is 0.312 e. The second-order valence-corrected chi connectivity index (χ2v) is 8.88. The fraction of sp³-hybridized carbons (Fsp3) is 0.619. The Labute approximate surface area is 147 Å². The van der Waals surface area contributed by atoms with Crippen molar-refractivity contribution in [1.82, 2.24) is 0 Å². The van der Waals surface area contributed by atoms with Crippen LogP contribution in [0.5, 0.6) is 0 Å². The molecule has 4 heteroatoms. The van der Waals surface area contributed by atoms with E-state index in [4.69, 9.17) is 9.47 Å². The molecule has 1 spiro atoms. The third kappa shape index (κ3) is 1.44. The quantitative estimate of drug-likeness (QED) is 0.793. The van der Waals surface area contributed by atoms with E-state index in [-0.39, 0.29) is 22.8 Å². The molecule has 0 N–H and O–H groups in total. The molecule has 4 nitrogen and oxygen atoms in total. The highest BCUT2D eigenvalue weighted by Gasteiger charge is 2.87. The van der Waals surface area contributed by atoms with Gasteiger partial charge in [-0.05, 0) is 55.4 Å². The molecule has 25 heavy (non-hydrogen) atoms. The van der Waals surface area contributed by atoms with Gasteiger partial charge in [-0.1, -0.05) is 30.3 Å². The molecule has 3 bridgehead atoms. The first kappa shape index (κ1) is 15.4. The van der Waals surface area contributed by atoms with Gasteiger partial charge in [-0.15, -0.1) is 0 Å². The summed E-state index contributed by atoms with van der Waals surface area (Å²) in [6.45, 7) is 0. The lowest BCUT2D eigenvalue weighted by Crippen LogP contribution is -2.66. The van der Waals surface area contributed by atoms with Crippen LogP contribution >= 0.6 is 0 Å². The van der Waals surface area contributed by atoms with Crippen LogP contribution in [0.4, 0.5) is 0 Å². The number of methoxy groups -OCH3 is 2. The number of rotatable bonds is 3. The van der Waals surface area contributed by atoms with Gasteiger partial charge in [-0.2, -0.15) is 0 Å². The molecule has 0 aromatic heterocycles. The summed E-state index contributed by atoms with van der Waals surface area (Å²) in [7, 11) is 3.00. The van der Waals surface area contributed by atoms with Gasteiger partial charge in [0.05, 0.1) is 25.0 Å². The van der Waals surface area contributed by atoms with Crippen molar-refractivity contribution in [3.05, 3.63) is 35.9 Å². The van der Waals surface area contributed by atoms with E-state index in [0.29, 0.717) is 5.92 Å². The molecule has 4 aliphatic carbocycles. The van der Waals surface area contributed by atoms with Crippen LogP contribution in [-0.4, -0.2) is 26.2 Å². The van der Waals surface area contributed by atoms with Crippen LogP contribution in [0.25, 0.3) is 0 Å². The largest absolute Gasteiger partial charge is 0.469 e. The molecular formula is C21H24O4. The molecule has 0 saturated heterocycles. The SMILES string of the molecule is COC(=O)C12CC3CC4(C(=O)OC)CC(c5ccccc5)(C1)C4(C3)C2. The van der Waals surface area contributed by atoms with Crippen molar-refractivity contribution in [3.8, 4) is 0 Å². The standard InChI is InChI=1S/C21H24O4/c1-24-16(22)18-8-14-9-19(17(23)25-2)13-20(11-18,21(19,10-14)12-18)15-6-4-3-5-7-15/h3-7,14H,8-13H2,1-2H3. The van der Waals surface area contributed by atoms with Crippen molar-refractivity contribution in [2.75, 3.05) is 14.2 Å². The van der Waals surface area contributed by atoms with E-state index in [2.05, 4.69) is 24.3 Å². The topological polar surface area (TPSA) is 52.6 Å². The third-order valence-corrected chi connectivity index (χ3v) is 8.19. The number of esters is 2. The summed E-state index contributed by atoms with van der Waals surface area (Å²) in [4.78, 5) is 25.7. The maximum absolute atomic E-state index is 12.9. The predicted molar refractivity (Wildman–Crippen MR) is 90.6 cm³/mol. The van der Waals surface area contributed by atoms with Gasteiger partial charge in [0.2, 0.25) is 0 Å². The minimum atomic E-state index is -0.431. The van der Waals surface area contributed by atoms with Gasteiger partial charge in [0.1, 0.15) is 0 Å². The first-order valence-electron chi connectivity index (χ1n) is 9.20. The monoisotopic (exact) mass is 340 g/mol. The van der Waals surface area contributed by atoms with E-state index in [1.807, 2.05) is 6.07 Å². The van der Waals surface area contributed by atoms with Crippen molar-refractivity contribution in [3.63, 3.8) is 0 Å². The maximum Gasteiger partial charge on any atom is 0.312 e. The molecule has 4 saturated carbocycles. The summed E-state index contributed by atoms with van der Waals surface area (Å²) >= 11 is 0. The first-order chi connectivity index (χ1) is 12.0. The van der Waals surface area contributed by atoms with E-state index in [9.17, 15) is 9.59 Å². The zero-order valence-electron chi connectivity index (χ0n) is 14.8. The lowest BCUT2D eigenvalue weighted by atomic mass is 9.37. The number of benzene rings is 1. The van der Waals surface area contributed by atoms with Gasteiger partial charge in [0.25, 0.3) is 0 Å². The number of ether oxygens (including phenoxy) is 2. The molecule has 4 fully saturated rings. The van der Waals surface area contributed by atoms with Crippen LogP contribution in [0, 0.1) is 22.2 Å². The molecule has 5 unspecified atom stereocenters. The molecule has 1 aromatic rings. The van der Waals surface area contributed by atoms with Crippen molar-refractivity contribution in [1.29, 1.82) is 0 Å². The lowest BCUT2D eigenvalue weighted by molar-refractivity contribution is -0.190. The van der Waals surface area contributed by atoms with Crippen LogP contribution in [0.3, 0.4) is 0 Å². The van der Waals surface area contributed by atoms with Crippen LogP contribution in [0.15, 0.2) is 30.3 Å². The Morgan fingerprint density at radius 2 is 1.64 bits per heavy atom. The highest BCUT2D eigenvalue weighted by atomic mass is 16.5. The molecule has 4 aliphatic rings. The van der Waals surface area contributed by atoms with E-state index in [1.54, 1.807) is 0 Å². The number of fused-ring (bicyclic) bond motifs is 2. The fourth-order valence-electron chi connectivity index (χ4n) is 7.85. The zero-order chi connectivity index (χ0) is 17.5. The van der Waals surface area contributed by atoms with Crippen LogP contribution < -0.4 is 0 Å². The summed E-state index contributed by atoms with van der Waals surface area (Å²) in [5.74, 6) is 0.270. The normalized spacial score (nSPS) is 45.6. The van der Waals surface area contributed by atoms with Crippen molar-refractivity contribution in [2.45, 2.75) is 43.9 Å². The second-order valence-electron chi connectivity index (χ2n) is 8.88. The van der Waals surface area contributed by atoms with Crippen molar-refractivity contribution >= 4 is 11.9 Å². The molecule has 5 rings (SSSR count). The van der Waals surface area contributed by atoms with E-state index in [1.165, 1.54) is 19.8 Å². The van der Waals surface area contributed by atoms with Gasteiger partial charge in [0, 0.05) is 5.41 Å². The number of carbonyl (C=O) groups excluding carboxylic acids is 2. The Kier molecular flexibility index (Phi) is 2.75. The molecule has 1 aromatic carbocycles. The van der Waals surface area contributed by atoms with E-state index >= 15 is 0 Å². The Bertz CT molecular complexity index is 771. The number of hydrogen-bond donors (Lipinski definition) is 0. The zero-order valence-corrected chi connectivity index (χ0v) is 14.8. The third-order valence-electron chi connectivity index (χ3n) is 8.19. The molecule has 0 radical (unpaired) electrons. The molecule has 5 atom stereocenters. The average molecular weight is 340 g/mol. The summed E-state index contributed by atoms with van der Waals surface area (Å²) in [5, 5.41) is 0. The highest BCUT2D eigenvalue weighted by Crippen LogP contribution is 2.88. The minimum absolute atomic E-state index is 0.0656. The molecule has 0 aliphatic heterocycles. The van der Waals surface area contributed by atoms with Gasteiger partial charge < -0.3 is 9.47 Å². The van der Waals surface area contributed by atoms with Crippen LogP contribution in [-0.2, 0) is 24.5 Å². The first-order valence-corrected chi connectivity index (χ1v) is 9.20. The Balaban J connectivity index is 1.72. The summed E-state index contributed by atoms with van der Waals surface area (Å²) in [5.41, 5.74) is 0.199. The van der Waals surface area contributed by atoms with Gasteiger partial charge in [-0.3, -0.25) is 9.59 Å². The van der Waals surface area contributed by atoms with E-state index < -0.39 is 10.8 Å². The maximum atomic E-state index is 12.9. The second kappa shape index (κ2) is 4.46. The predicted octanol–water partition coefficient (Wildman–Crippen LogP) is 3.24. The number of hydrogen-bond acceptors (Lipinski definition) is 4. The molecule has 132 valence electrons. The van der Waals surface area contributed by atoms with Crippen LogP contribution in [0.2, 0.25) is 0 Å². The summed E-state index contributed by atoms with van der Waals surface area (Å²) < 4.78 is 10.5. The molecule has 0 heterocycles. The van der Waals surface area contributed by atoms with Gasteiger partial charge >= 0.3 is 11.9 Å². The average Bonchev–Trinajstić information content (AvgIpc) is 2.94. The number of carbonyl (C=O) groups is 2. The summed E-state index contributed by atoms with van der Waals surface area (Å²) in [6, 6.07) is 10.5. The Morgan fingerprint density at radius 3 is 2.32 bits per heavy atom. The summed E-state index contributed by atoms with van der Waals surface area (Å²) in [6.07, 6.45) is 5.16. The van der Waals surface area contributed by atoms with Gasteiger partial charge in [-0.25, -0.2) is 0 Å². The van der Waals surface area contributed by atoms with Gasteiger partial charge in [0.15, 0.2) is 0 Å². The lowest BCUT2D eigenvalue weighted by Gasteiger charge is -2.65. The van der Waals surface area contributed by atoms with Crippen molar-refractivity contribution < 1.29 is 19.1 Å². The minimum Gasteiger partial charge on any atom is -0.469 e.